The van der Waals surface area contributed by atoms with Gasteiger partial charge in [-0.3, -0.25) is 0 Å². The largest absolute Gasteiger partial charge is 0.386 e. The molecule has 4 aromatic rings. The van der Waals surface area contributed by atoms with Gasteiger partial charge in [-0.25, -0.2) is 17.8 Å². The van der Waals surface area contributed by atoms with E-state index in [2.05, 4.69) is 50.6 Å². The first-order valence-corrected chi connectivity index (χ1v) is 14.7. The number of hydrogen-bond acceptors (Lipinski definition) is 6. The third-order valence-corrected chi connectivity index (χ3v) is 9.03. The first-order valence-electron chi connectivity index (χ1n) is 12.9. The summed E-state index contributed by atoms with van der Waals surface area (Å²) in [6.45, 7) is 1.42. The normalized spacial score (nSPS) is 15.6. The molecule has 1 aliphatic rings. The van der Waals surface area contributed by atoms with Gasteiger partial charge in [0.2, 0.25) is 0 Å². The Morgan fingerprint density at radius 1 is 1.08 bits per heavy atom. The zero-order valence-electron chi connectivity index (χ0n) is 22.0. The number of nitrogens with zero attached hydrogens (tertiary/aromatic N) is 3. The zero-order valence-corrected chi connectivity index (χ0v) is 22.9. The summed E-state index contributed by atoms with van der Waals surface area (Å²) in [4.78, 5) is 7.06. The number of benzene rings is 2. The predicted molar refractivity (Wildman–Crippen MR) is 153 cm³/mol. The van der Waals surface area contributed by atoms with Crippen molar-refractivity contribution in [2.24, 2.45) is 5.92 Å². The summed E-state index contributed by atoms with van der Waals surface area (Å²) in [7, 11) is 2.86. The smallest absolute Gasteiger partial charge is 0.150 e. The van der Waals surface area contributed by atoms with E-state index in [1.54, 1.807) is 13.1 Å². The predicted octanol–water partition coefficient (Wildman–Crippen LogP) is 4.85. The lowest BCUT2D eigenvalue weighted by atomic mass is 10.0. The number of anilines is 2. The molecule has 1 saturated heterocycles. The van der Waals surface area contributed by atoms with Crippen LogP contribution in [0.1, 0.15) is 18.4 Å². The number of nitrogens with one attached hydrogen (secondary N) is 2. The van der Waals surface area contributed by atoms with E-state index in [0.29, 0.717) is 42.2 Å². The Balaban J connectivity index is 1.49. The third kappa shape index (κ3) is 5.54. The molecule has 0 aliphatic carbocycles. The number of fused-ring (bicyclic) bond motifs is 1. The van der Waals surface area contributed by atoms with Crippen LogP contribution in [0.25, 0.3) is 28.0 Å². The summed E-state index contributed by atoms with van der Waals surface area (Å²) in [6, 6.07) is 17.4. The Kier molecular flexibility index (Phi) is 7.40. The van der Waals surface area contributed by atoms with E-state index in [1.165, 1.54) is 6.07 Å². The molecule has 7 nitrogen and oxygen atoms in total. The van der Waals surface area contributed by atoms with E-state index in [0.717, 1.165) is 34.5 Å². The van der Waals surface area contributed by atoms with E-state index >= 15 is 0 Å². The van der Waals surface area contributed by atoms with E-state index in [-0.39, 0.29) is 17.3 Å². The second-order valence-electron chi connectivity index (χ2n) is 10.2. The van der Waals surface area contributed by atoms with Gasteiger partial charge in [0, 0.05) is 56.2 Å². The van der Waals surface area contributed by atoms with Crippen LogP contribution in [0.5, 0.6) is 0 Å². The summed E-state index contributed by atoms with van der Waals surface area (Å²) in [5.41, 5.74) is 5.84. The minimum absolute atomic E-state index is 0.281. The van der Waals surface area contributed by atoms with Gasteiger partial charge >= 0.3 is 0 Å². The van der Waals surface area contributed by atoms with Gasteiger partial charge in [0.25, 0.3) is 0 Å². The lowest BCUT2D eigenvalue weighted by Crippen LogP contribution is -2.30. The van der Waals surface area contributed by atoms with Crippen molar-refractivity contribution in [1.29, 1.82) is 0 Å². The Bertz CT molecular complexity index is 1550. The molecular formula is C29H34FN5O2S. The van der Waals surface area contributed by atoms with Crippen molar-refractivity contribution in [2.45, 2.75) is 19.4 Å². The van der Waals surface area contributed by atoms with E-state index in [4.69, 9.17) is 4.98 Å². The fourth-order valence-electron chi connectivity index (χ4n) is 5.02. The maximum absolute atomic E-state index is 14.5. The van der Waals surface area contributed by atoms with Gasteiger partial charge in [0.15, 0.2) is 0 Å². The number of halogens is 1. The SMILES string of the molecule is CNc1ccc(-c2ccc3c(CNCC4CCS(=O)(=O)CC4)cn(-c4cccc(N(C)C)c4)c3n2)cc1F. The van der Waals surface area contributed by atoms with Crippen LogP contribution < -0.4 is 15.5 Å². The summed E-state index contributed by atoms with van der Waals surface area (Å²) in [6.07, 6.45) is 3.53. The average molecular weight is 536 g/mol. The standard InChI is InChI=1S/C29H34FN5O2S/c1-31-28-9-7-21(15-26(28)30)27-10-8-25-22(18-32-17-20-11-13-38(36,37)14-12-20)19-35(29(25)33-27)24-6-4-5-23(16-24)34(2)3/h4-10,15-16,19-20,31-32H,11-14,17-18H2,1-3H3. The third-order valence-electron chi connectivity index (χ3n) is 7.32. The first kappa shape index (κ1) is 26.2. The number of rotatable bonds is 8. The molecule has 2 aromatic heterocycles. The van der Waals surface area contributed by atoms with Crippen LogP contribution in [-0.4, -0.2) is 57.2 Å². The van der Waals surface area contributed by atoms with Crippen LogP contribution in [0.4, 0.5) is 15.8 Å². The lowest BCUT2D eigenvalue weighted by Gasteiger charge is -2.22. The van der Waals surface area contributed by atoms with E-state index in [1.807, 2.05) is 32.3 Å². The Morgan fingerprint density at radius 3 is 2.58 bits per heavy atom. The molecule has 1 aliphatic heterocycles. The average Bonchev–Trinajstić information content (AvgIpc) is 3.27. The van der Waals surface area contributed by atoms with Crippen molar-refractivity contribution in [3.63, 3.8) is 0 Å². The molecule has 0 atom stereocenters. The number of aromatic nitrogens is 2. The second kappa shape index (κ2) is 10.7. The summed E-state index contributed by atoms with van der Waals surface area (Å²) in [5.74, 6) is 0.609. The Morgan fingerprint density at radius 2 is 1.87 bits per heavy atom. The molecule has 2 aromatic carbocycles. The van der Waals surface area contributed by atoms with Crippen LogP contribution in [0.15, 0.2) is 60.8 Å². The maximum atomic E-state index is 14.5. The number of pyridine rings is 1. The topological polar surface area (TPSA) is 79.3 Å². The van der Waals surface area contributed by atoms with E-state index in [9.17, 15) is 12.8 Å². The van der Waals surface area contributed by atoms with Gasteiger partial charge in [-0.15, -0.1) is 0 Å². The Labute approximate surface area is 223 Å². The molecule has 5 rings (SSSR count). The van der Waals surface area contributed by atoms with Crippen molar-refractivity contribution < 1.29 is 12.8 Å². The molecule has 0 radical (unpaired) electrons. The monoisotopic (exact) mass is 535 g/mol. The fraction of sp³-hybridized carbons (Fsp3) is 0.345. The molecule has 0 spiro atoms. The van der Waals surface area contributed by atoms with Crippen molar-refractivity contribution in [3.8, 4) is 16.9 Å². The summed E-state index contributed by atoms with van der Waals surface area (Å²) >= 11 is 0. The van der Waals surface area contributed by atoms with Crippen molar-refractivity contribution in [1.82, 2.24) is 14.9 Å². The molecule has 2 N–H and O–H groups in total. The fourth-order valence-corrected chi connectivity index (χ4v) is 6.61. The molecule has 3 heterocycles. The van der Waals surface area contributed by atoms with Crippen molar-refractivity contribution >= 4 is 32.2 Å². The van der Waals surface area contributed by atoms with Crippen LogP contribution in [0.3, 0.4) is 0 Å². The summed E-state index contributed by atoms with van der Waals surface area (Å²) < 4.78 is 40.1. The highest BCUT2D eigenvalue weighted by molar-refractivity contribution is 7.91. The van der Waals surface area contributed by atoms with Crippen molar-refractivity contribution in [2.75, 3.05) is 49.4 Å². The Hall–Kier alpha value is -3.43. The van der Waals surface area contributed by atoms with Gasteiger partial charge in [-0.2, -0.15) is 0 Å². The molecule has 0 bridgehead atoms. The number of hydrogen-bond donors (Lipinski definition) is 2. The van der Waals surface area contributed by atoms with Gasteiger partial charge in [0.1, 0.15) is 21.3 Å². The summed E-state index contributed by atoms with van der Waals surface area (Å²) in [5, 5.41) is 7.43. The van der Waals surface area contributed by atoms with Gasteiger partial charge in [-0.05, 0) is 73.3 Å². The van der Waals surface area contributed by atoms with Crippen molar-refractivity contribution in [3.05, 3.63) is 72.2 Å². The van der Waals surface area contributed by atoms with E-state index < -0.39 is 9.84 Å². The molecule has 200 valence electrons. The van der Waals surface area contributed by atoms with Gasteiger partial charge < -0.3 is 20.1 Å². The molecular weight excluding hydrogens is 501 g/mol. The van der Waals surface area contributed by atoms with Gasteiger partial charge in [0.05, 0.1) is 22.9 Å². The quantitative estimate of drug-likeness (QED) is 0.336. The zero-order chi connectivity index (χ0) is 26.9. The molecule has 0 saturated carbocycles. The van der Waals surface area contributed by atoms with Crippen LogP contribution >= 0.6 is 0 Å². The minimum atomic E-state index is -2.86. The molecule has 38 heavy (non-hydrogen) atoms. The highest BCUT2D eigenvalue weighted by Crippen LogP contribution is 2.30. The van der Waals surface area contributed by atoms with Crippen LogP contribution in [-0.2, 0) is 16.4 Å². The van der Waals surface area contributed by atoms with Gasteiger partial charge in [-0.1, -0.05) is 12.1 Å². The molecule has 9 heteroatoms. The molecule has 0 amide bonds. The highest BCUT2D eigenvalue weighted by atomic mass is 32.2. The van der Waals surface area contributed by atoms with Crippen LogP contribution in [0.2, 0.25) is 0 Å². The lowest BCUT2D eigenvalue weighted by molar-refractivity contribution is 0.432. The molecule has 1 fully saturated rings. The first-order chi connectivity index (χ1) is 18.2. The maximum Gasteiger partial charge on any atom is 0.150 e. The minimum Gasteiger partial charge on any atom is -0.386 e. The highest BCUT2D eigenvalue weighted by Gasteiger charge is 2.23. The van der Waals surface area contributed by atoms with Crippen LogP contribution in [0, 0.1) is 11.7 Å². The molecule has 0 unspecified atom stereocenters. The number of sulfone groups is 1. The second-order valence-corrected chi connectivity index (χ2v) is 12.5.